The number of amides is 6. The highest BCUT2D eigenvalue weighted by Crippen LogP contribution is 2.38. The summed E-state index contributed by atoms with van der Waals surface area (Å²) in [6.07, 6.45) is 1.34. The standard InChI is InChI=1S/C56H62N12O6/c1-31(69)65-43(12-5-28-64-56(60)61)53(73)68-44(29-38-20-18-36-16-14-32-7-2-9-34-22-24-40(38)49(36)47(32)34)52(72)62-26-6-13-46(70)66-45(54(74)67-42(51(57)71)11-4-27-63-55(58)59)30-39-21-19-37-17-15-33-8-3-10-35-23-25-41(39)50(37)48(33)35/h2-3,7-10,14-25,42-45H,4-6,11-13,26-30H2,1H3,(H2,57,71)(H,62,72)(H,65,69)(H,66,70)(H,67,74)(H,68,73)(H4,58,59,63)(H4,60,61,64)/t42-,43-,44-,45-/m1/s1. The van der Waals surface area contributed by atoms with Crippen molar-refractivity contribution in [2.75, 3.05) is 19.6 Å². The molecular formula is C56H62N12O6. The first kappa shape index (κ1) is 51.6. The van der Waals surface area contributed by atoms with Crippen molar-refractivity contribution in [3.63, 3.8) is 0 Å². The van der Waals surface area contributed by atoms with Gasteiger partial charge in [0.2, 0.25) is 35.4 Å². The molecule has 382 valence electrons. The maximum absolute atomic E-state index is 14.3. The molecule has 0 bridgehead atoms. The molecule has 74 heavy (non-hydrogen) atoms. The van der Waals surface area contributed by atoms with Crippen molar-refractivity contribution >= 4 is 112 Å². The third kappa shape index (κ3) is 12.1. The monoisotopic (exact) mass is 998 g/mol. The number of benzene rings is 8. The van der Waals surface area contributed by atoms with Gasteiger partial charge in [-0.1, -0.05) is 109 Å². The van der Waals surface area contributed by atoms with E-state index in [-0.39, 0.29) is 70.1 Å². The van der Waals surface area contributed by atoms with E-state index >= 15 is 0 Å². The quantitative estimate of drug-likeness (QED) is 0.0181. The third-order valence-corrected chi connectivity index (χ3v) is 13.5. The number of carbonyl (C=O) groups is 6. The van der Waals surface area contributed by atoms with Crippen LogP contribution in [0.3, 0.4) is 0 Å². The SMILES string of the molecule is CC(=O)N[C@H](CCCN=C(N)N)C(=O)N[C@H](Cc1ccc2ccc3cccc4ccc1c2c34)C(=O)NCCCC(=O)N[C@H](Cc1ccc2ccc3cccc4ccc1c2c34)C(=O)N[C@H](CCCN=C(N)N)C(N)=O. The van der Waals surface area contributed by atoms with Gasteiger partial charge in [-0.3, -0.25) is 38.8 Å². The molecule has 4 atom stereocenters. The molecule has 6 amide bonds. The lowest BCUT2D eigenvalue weighted by Gasteiger charge is -2.24. The minimum absolute atomic E-state index is 0.0379. The second-order valence-electron chi connectivity index (χ2n) is 18.8. The van der Waals surface area contributed by atoms with Crippen LogP contribution >= 0.6 is 0 Å². The third-order valence-electron chi connectivity index (χ3n) is 13.5. The number of guanidine groups is 2. The highest BCUT2D eigenvalue weighted by Gasteiger charge is 2.29. The van der Waals surface area contributed by atoms with E-state index in [0.717, 1.165) is 75.8 Å². The topological polar surface area (TPSA) is 317 Å². The minimum atomic E-state index is -1.13. The molecule has 0 aliphatic carbocycles. The van der Waals surface area contributed by atoms with E-state index < -0.39 is 59.6 Å². The van der Waals surface area contributed by atoms with Crippen LogP contribution in [-0.2, 0) is 41.6 Å². The van der Waals surface area contributed by atoms with Crippen molar-refractivity contribution in [1.82, 2.24) is 26.6 Å². The molecule has 0 saturated carbocycles. The Morgan fingerprint density at radius 3 is 1.35 bits per heavy atom. The Bertz CT molecular complexity index is 3410. The summed E-state index contributed by atoms with van der Waals surface area (Å²) >= 11 is 0. The maximum Gasteiger partial charge on any atom is 0.243 e. The van der Waals surface area contributed by atoms with Crippen LogP contribution in [0.5, 0.6) is 0 Å². The van der Waals surface area contributed by atoms with Crippen LogP contribution in [-0.4, -0.2) is 91.2 Å². The number of nitrogens with zero attached hydrogens (tertiary/aromatic N) is 2. The highest BCUT2D eigenvalue weighted by molar-refractivity contribution is 6.24. The van der Waals surface area contributed by atoms with Crippen molar-refractivity contribution in [1.29, 1.82) is 0 Å². The van der Waals surface area contributed by atoms with Gasteiger partial charge < -0.3 is 55.3 Å². The van der Waals surface area contributed by atoms with Gasteiger partial charge >= 0.3 is 0 Å². The molecule has 18 nitrogen and oxygen atoms in total. The zero-order valence-corrected chi connectivity index (χ0v) is 41.2. The summed E-state index contributed by atoms with van der Waals surface area (Å²) in [4.78, 5) is 89.2. The average Bonchev–Trinajstić information content (AvgIpc) is 3.39. The predicted molar refractivity (Wildman–Crippen MR) is 292 cm³/mol. The molecule has 0 aromatic heterocycles. The van der Waals surface area contributed by atoms with Crippen LogP contribution in [0.4, 0.5) is 0 Å². The summed E-state index contributed by atoms with van der Waals surface area (Å²) in [7, 11) is 0. The van der Waals surface area contributed by atoms with Gasteiger partial charge in [0.1, 0.15) is 24.2 Å². The molecule has 0 radical (unpaired) electrons. The van der Waals surface area contributed by atoms with Gasteiger partial charge in [0.25, 0.3) is 0 Å². The molecule has 15 N–H and O–H groups in total. The van der Waals surface area contributed by atoms with E-state index in [1.165, 1.54) is 6.92 Å². The summed E-state index contributed by atoms with van der Waals surface area (Å²) < 4.78 is 0. The highest BCUT2D eigenvalue weighted by atomic mass is 16.2. The number of nitrogens with one attached hydrogen (secondary N) is 5. The fourth-order valence-electron chi connectivity index (χ4n) is 10.0. The fourth-order valence-corrected chi connectivity index (χ4v) is 10.0. The zero-order chi connectivity index (χ0) is 52.5. The lowest BCUT2D eigenvalue weighted by molar-refractivity contribution is -0.132. The number of hydrogen-bond donors (Lipinski definition) is 10. The Hall–Kier alpha value is -8.80. The molecule has 8 aromatic rings. The minimum Gasteiger partial charge on any atom is -0.370 e. The van der Waals surface area contributed by atoms with Crippen molar-refractivity contribution < 1.29 is 28.8 Å². The van der Waals surface area contributed by atoms with Crippen molar-refractivity contribution in [2.45, 2.75) is 82.5 Å². The van der Waals surface area contributed by atoms with Gasteiger partial charge in [-0.15, -0.1) is 0 Å². The number of primary amides is 1. The van der Waals surface area contributed by atoms with Gasteiger partial charge in [-0.25, -0.2) is 0 Å². The number of hydrogen-bond acceptors (Lipinski definition) is 8. The van der Waals surface area contributed by atoms with Gasteiger partial charge in [-0.2, -0.15) is 0 Å². The molecule has 18 heteroatoms. The molecule has 0 aliphatic rings. The average molecular weight is 999 g/mol. The first-order chi connectivity index (χ1) is 35.6. The number of carbonyl (C=O) groups excluding carboxylic acids is 6. The van der Waals surface area contributed by atoms with E-state index in [0.29, 0.717) is 12.8 Å². The van der Waals surface area contributed by atoms with Gasteiger partial charge in [0.05, 0.1) is 0 Å². The molecule has 0 fully saturated rings. The lowest BCUT2D eigenvalue weighted by Crippen LogP contribution is -2.54. The Labute approximate surface area is 427 Å². The predicted octanol–water partition coefficient (Wildman–Crippen LogP) is 3.71. The summed E-state index contributed by atoms with van der Waals surface area (Å²) in [6, 6.07) is 32.3. The largest absolute Gasteiger partial charge is 0.370 e. The van der Waals surface area contributed by atoms with E-state index in [9.17, 15) is 28.8 Å². The summed E-state index contributed by atoms with van der Waals surface area (Å²) in [5.41, 5.74) is 29.3. The number of nitrogens with two attached hydrogens (primary N) is 5. The summed E-state index contributed by atoms with van der Waals surface area (Å²) in [5, 5.41) is 26.7. The molecule has 0 spiro atoms. The first-order valence-electron chi connectivity index (χ1n) is 24.8. The molecule has 8 aromatic carbocycles. The van der Waals surface area contributed by atoms with E-state index in [2.05, 4.69) is 85.1 Å². The van der Waals surface area contributed by atoms with E-state index in [1.54, 1.807) is 0 Å². The van der Waals surface area contributed by atoms with Crippen LogP contribution in [0, 0.1) is 0 Å². The summed E-state index contributed by atoms with van der Waals surface area (Å²) in [6.45, 7) is 1.79. The molecule has 8 rings (SSSR count). The smallest absolute Gasteiger partial charge is 0.243 e. The first-order valence-corrected chi connectivity index (χ1v) is 24.8. The van der Waals surface area contributed by atoms with E-state index in [1.807, 2.05) is 60.7 Å². The normalized spacial score (nSPS) is 13.1. The Balaban J connectivity index is 0.995. The van der Waals surface area contributed by atoms with Gasteiger partial charge in [-0.05, 0) is 108 Å². The van der Waals surface area contributed by atoms with E-state index in [4.69, 9.17) is 28.7 Å². The summed E-state index contributed by atoms with van der Waals surface area (Å²) in [5.74, 6) is -3.54. The van der Waals surface area contributed by atoms with Crippen molar-refractivity contribution in [2.24, 2.45) is 38.7 Å². The number of aliphatic imine (C=N–C) groups is 2. The molecule has 0 heterocycles. The molecular weight excluding hydrogens is 937 g/mol. The van der Waals surface area contributed by atoms with Crippen LogP contribution in [0.2, 0.25) is 0 Å². The zero-order valence-electron chi connectivity index (χ0n) is 41.2. The Morgan fingerprint density at radius 2 is 0.878 bits per heavy atom. The van der Waals surface area contributed by atoms with Crippen LogP contribution < -0.4 is 55.3 Å². The maximum atomic E-state index is 14.3. The van der Waals surface area contributed by atoms with Gasteiger partial charge in [0.15, 0.2) is 11.9 Å². The number of rotatable bonds is 24. The van der Waals surface area contributed by atoms with Crippen LogP contribution in [0.15, 0.2) is 119 Å². The van der Waals surface area contributed by atoms with Gasteiger partial charge in [0, 0.05) is 45.8 Å². The Kier molecular flexibility index (Phi) is 16.1. The van der Waals surface area contributed by atoms with Crippen LogP contribution in [0.1, 0.15) is 56.6 Å². The van der Waals surface area contributed by atoms with Crippen molar-refractivity contribution in [3.8, 4) is 0 Å². The van der Waals surface area contributed by atoms with Crippen LogP contribution in [0.25, 0.3) is 64.6 Å². The molecule has 0 aliphatic heterocycles. The van der Waals surface area contributed by atoms with Crippen molar-refractivity contribution in [3.05, 3.63) is 120 Å². The second kappa shape index (κ2) is 23.2. The second-order valence-corrected chi connectivity index (χ2v) is 18.8. The fraction of sp³-hybridized carbons (Fsp3) is 0.286. The molecule has 0 saturated heterocycles. The Morgan fingerprint density at radius 1 is 0.459 bits per heavy atom. The molecule has 0 unspecified atom stereocenters. The lowest BCUT2D eigenvalue weighted by atomic mass is 9.90.